The van der Waals surface area contributed by atoms with Gasteiger partial charge in [0, 0.05) is 55.8 Å². The first-order valence-electron chi connectivity index (χ1n) is 13.6. The van der Waals surface area contributed by atoms with Crippen LogP contribution in [0.15, 0.2) is 73.3 Å². The largest absolute Gasteiger partial charge is 0.416 e. The molecule has 0 unspecified atom stereocenters. The SMILES string of the molecule is O=C(/C=C/c1ccc(C(F)(F)F)cc1)N(Cc1ccc(-c2cncnc2)cc1)C1CCN(C2CCCC2)CC1. The maximum Gasteiger partial charge on any atom is 0.416 e. The molecule has 2 heterocycles. The molecule has 1 aromatic heterocycles. The van der Waals surface area contributed by atoms with E-state index >= 15 is 0 Å². The van der Waals surface area contributed by atoms with Crippen LogP contribution in [0, 0.1) is 0 Å². The summed E-state index contributed by atoms with van der Waals surface area (Å²) < 4.78 is 38.7. The van der Waals surface area contributed by atoms with Crippen LogP contribution in [0.1, 0.15) is 55.2 Å². The zero-order valence-corrected chi connectivity index (χ0v) is 21.9. The summed E-state index contributed by atoms with van der Waals surface area (Å²) in [7, 11) is 0. The molecule has 0 N–H and O–H groups in total. The van der Waals surface area contributed by atoms with Gasteiger partial charge in [0.15, 0.2) is 0 Å². The van der Waals surface area contributed by atoms with Crippen LogP contribution in [-0.2, 0) is 17.5 Å². The van der Waals surface area contributed by atoms with E-state index < -0.39 is 11.7 Å². The van der Waals surface area contributed by atoms with Crippen molar-refractivity contribution in [2.45, 2.75) is 63.3 Å². The number of carbonyl (C=O) groups is 1. The number of aromatic nitrogens is 2. The molecule has 5 rings (SSSR count). The van der Waals surface area contributed by atoms with Gasteiger partial charge in [-0.1, -0.05) is 49.2 Å². The molecule has 1 amide bonds. The minimum Gasteiger partial charge on any atom is -0.332 e. The van der Waals surface area contributed by atoms with Gasteiger partial charge >= 0.3 is 6.18 Å². The topological polar surface area (TPSA) is 49.3 Å². The van der Waals surface area contributed by atoms with E-state index in [9.17, 15) is 18.0 Å². The first-order chi connectivity index (χ1) is 18.9. The number of piperidine rings is 1. The van der Waals surface area contributed by atoms with Crippen LogP contribution in [0.4, 0.5) is 13.2 Å². The molecule has 2 fully saturated rings. The lowest BCUT2D eigenvalue weighted by molar-refractivity contribution is -0.137. The number of likely N-dealkylation sites (tertiary alicyclic amines) is 1. The molecular formula is C31H33F3N4O. The van der Waals surface area contributed by atoms with Crippen LogP contribution in [0.25, 0.3) is 17.2 Å². The summed E-state index contributed by atoms with van der Waals surface area (Å²) in [6, 6.07) is 13.7. The predicted molar refractivity (Wildman–Crippen MR) is 145 cm³/mol. The molecule has 0 spiro atoms. The number of carbonyl (C=O) groups excluding carboxylic acids is 1. The lowest BCUT2D eigenvalue weighted by atomic mass is 9.99. The maximum atomic E-state index is 13.5. The fraction of sp³-hybridized carbons (Fsp3) is 0.387. The molecule has 1 saturated carbocycles. The van der Waals surface area contributed by atoms with Crippen molar-refractivity contribution in [3.05, 3.63) is 90.0 Å². The minimum absolute atomic E-state index is 0.106. The zero-order valence-electron chi connectivity index (χ0n) is 21.9. The molecule has 8 heteroatoms. The minimum atomic E-state index is -4.38. The van der Waals surface area contributed by atoms with E-state index in [0.717, 1.165) is 54.8 Å². The van der Waals surface area contributed by atoms with E-state index in [0.29, 0.717) is 18.2 Å². The van der Waals surface area contributed by atoms with Gasteiger partial charge in [-0.25, -0.2) is 9.97 Å². The Balaban J connectivity index is 1.31. The van der Waals surface area contributed by atoms with Crippen molar-refractivity contribution in [3.63, 3.8) is 0 Å². The van der Waals surface area contributed by atoms with E-state index in [1.807, 2.05) is 29.2 Å². The van der Waals surface area contributed by atoms with E-state index in [-0.39, 0.29) is 11.9 Å². The van der Waals surface area contributed by atoms with Crippen LogP contribution < -0.4 is 0 Å². The number of benzene rings is 2. The van der Waals surface area contributed by atoms with Crippen LogP contribution >= 0.6 is 0 Å². The molecule has 2 aliphatic rings. The Kier molecular flexibility index (Phi) is 8.41. The van der Waals surface area contributed by atoms with E-state index in [2.05, 4.69) is 14.9 Å². The molecule has 0 radical (unpaired) electrons. The summed E-state index contributed by atoms with van der Waals surface area (Å²) in [6.45, 7) is 2.43. The number of hydrogen-bond donors (Lipinski definition) is 0. The first-order valence-corrected chi connectivity index (χ1v) is 13.6. The zero-order chi connectivity index (χ0) is 27.2. The summed E-state index contributed by atoms with van der Waals surface area (Å²) in [5.41, 5.74) is 2.80. The standard InChI is InChI=1S/C31H33F3N4O/c32-31(33,34)27-12-7-23(8-13-27)9-14-30(39)38(29-15-17-37(18-16-29)28-3-1-2-4-28)21-24-5-10-25(11-6-24)26-19-35-22-36-20-26/h5-14,19-20,22,28-29H,1-4,15-18,21H2/b14-9+. The van der Waals surface area contributed by atoms with Crippen molar-refractivity contribution in [2.75, 3.05) is 13.1 Å². The highest BCUT2D eigenvalue weighted by Gasteiger charge is 2.31. The Labute approximate surface area is 227 Å². The van der Waals surface area contributed by atoms with Crippen LogP contribution in [-0.4, -0.2) is 50.8 Å². The number of rotatable bonds is 7. The summed E-state index contributed by atoms with van der Waals surface area (Å²) in [6.07, 6.45) is 10.7. The van der Waals surface area contributed by atoms with Gasteiger partial charge < -0.3 is 9.80 Å². The number of amides is 1. The van der Waals surface area contributed by atoms with Crippen molar-refractivity contribution in [1.82, 2.24) is 19.8 Å². The summed E-state index contributed by atoms with van der Waals surface area (Å²) >= 11 is 0. The van der Waals surface area contributed by atoms with Crippen molar-refractivity contribution in [2.24, 2.45) is 0 Å². The lowest BCUT2D eigenvalue weighted by Gasteiger charge is -2.40. The van der Waals surface area contributed by atoms with Crippen molar-refractivity contribution >= 4 is 12.0 Å². The Morgan fingerprint density at radius 1 is 0.897 bits per heavy atom. The van der Waals surface area contributed by atoms with Crippen LogP contribution in [0.3, 0.4) is 0 Å². The third-order valence-corrected chi connectivity index (χ3v) is 7.92. The molecule has 2 aromatic carbocycles. The third kappa shape index (κ3) is 6.92. The Morgan fingerprint density at radius 2 is 1.54 bits per heavy atom. The molecule has 39 heavy (non-hydrogen) atoms. The Bertz CT molecular complexity index is 1250. The molecule has 1 saturated heterocycles. The second-order valence-electron chi connectivity index (χ2n) is 10.4. The molecule has 0 bridgehead atoms. The molecule has 1 aliphatic heterocycles. The van der Waals surface area contributed by atoms with Gasteiger partial charge in [0.05, 0.1) is 5.56 Å². The molecule has 3 aromatic rings. The fourth-order valence-corrected chi connectivity index (χ4v) is 5.71. The smallest absolute Gasteiger partial charge is 0.332 e. The predicted octanol–water partition coefficient (Wildman–Crippen LogP) is 6.61. The van der Waals surface area contributed by atoms with Gasteiger partial charge in [0.2, 0.25) is 5.91 Å². The molecular weight excluding hydrogens is 501 g/mol. The first kappa shape index (κ1) is 27.1. The lowest BCUT2D eigenvalue weighted by Crippen LogP contribution is -2.48. The summed E-state index contributed by atoms with van der Waals surface area (Å²) in [5.74, 6) is -0.130. The summed E-state index contributed by atoms with van der Waals surface area (Å²) in [4.78, 5) is 26.2. The number of hydrogen-bond acceptors (Lipinski definition) is 4. The normalized spacial score (nSPS) is 17.6. The quantitative estimate of drug-likeness (QED) is 0.320. The number of alkyl halides is 3. The Hall–Kier alpha value is -3.52. The highest BCUT2D eigenvalue weighted by molar-refractivity contribution is 5.92. The van der Waals surface area contributed by atoms with Crippen LogP contribution in [0.5, 0.6) is 0 Å². The average molecular weight is 535 g/mol. The van der Waals surface area contributed by atoms with Gasteiger partial charge in [-0.2, -0.15) is 13.2 Å². The third-order valence-electron chi connectivity index (χ3n) is 7.92. The second kappa shape index (κ2) is 12.1. The van der Waals surface area contributed by atoms with Gasteiger partial charge in [0.25, 0.3) is 0 Å². The molecule has 5 nitrogen and oxygen atoms in total. The van der Waals surface area contributed by atoms with Gasteiger partial charge in [-0.15, -0.1) is 0 Å². The van der Waals surface area contributed by atoms with Crippen molar-refractivity contribution < 1.29 is 18.0 Å². The van der Waals surface area contributed by atoms with E-state index in [1.165, 1.54) is 50.2 Å². The highest BCUT2D eigenvalue weighted by atomic mass is 19.4. The van der Waals surface area contributed by atoms with E-state index in [4.69, 9.17) is 0 Å². The van der Waals surface area contributed by atoms with Crippen molar-refractivity contribution in [1.29, 1.82) is 0 Å². The Morgan fingerprint density at radius 3 is 2.15 bits per heavy atom. The number of halogens is 3. The molecule has 0 atom stereocenters. The molecule has 1 aliphatic carbocycles. The van der Waals surface area contributed by atoms with Gasteiger partial charge in [-0.3, -0.25) is 4.79 Å². The maximum absolute atomic E-state index is 13.5. The average Bonchev–Trinajstić information content (AvgIpc) is 3.51. The van der Waals surface area contributed by atoms with Gasteiger partial charge in [-0.05, 0) is 60.6 Å². The summed E-state index contributed by atoms with van der Waals surface area (Å²) in [5, 5.41) is 0. The number of nitrogens with zero attached hydrogens (tertiary/aromatic N) is 4. The molecule has 204 valence electrons. The fourth-order valence-electron chi connectivity index (χ4n) is 5.71. The van der Waals surface area contributed by atoms with Crippen molar-refractivity contribution in [3.8, 4) is 11.1 Å². The monoisotopic (exact) mass is 534 g/mol. The van der Waals surface area contributed by atoms with E-state index in [1.54, 1.807) is 18.5 Å². The van der Waals surface area contributed by atoms with Gasteiger partial charge in [0.1, 0.15) is 6.33 Å². The second-order valence-corrected chi connectivity index (χ2v) is 10.4. The van der Waals surface area contributed by atoms with Crippen LogP contribution in [0.2, 0.25) is 0 Å². The highest BCUT2D eigenvalue weighted by Crippen LogP contribution is 2.30.